The third kappa shape index (κ3) is 7.95. The van der Waals surface area contributed by atoms with Gasteiger partial charge in [0, 0.05) is 100 Å². The van der Waals surface area contributed by atoms with E-state index in [0.717, 1.165) is 156 Å². The van der Waals surface area contributed by atoms with E-state index >= 15 is 0 Å². The highest BCUT2D eigenvalue weighted by molar-refractivity contribution is 7.19. The van der Waals surface area contributed by atoms with E-state index in [4.69, 9.17) is 21.1 Å². The number of aliphatic imine (C=N–C) groups is 1. The molecule has 278 valence electrons. The summed E-state index contributed by atoms with van der Waals surface area (Å²) in [7, 11) is 0. The third-order valence-corrected chi connectivity index (χ3v) is 13.3. The van der Waals surface area contributed by atoms with Crippen molar-refractivity contribution < 1.29 is 9.47 Å². The molecule has 10 heterocycles. The molecule has 0 amide bonds. The minimum atomic E-state index is 0.601. The fraction of sp³-hybridized carbons (Fsp3) is 0.514. The first-order chi connectivity index (χ1) is 26.1. The number of fused-ring (bicyclic) bond motifs is 7. The van der Waals surface area contributed by atoms with Crippen LogP contribution in [0.25, 0.3) is 20.4 Å². The molecule has 0 spiro atoms. The number of morpholine rings is 2. The van der Waals surface area contributed by atoms with E-state index in [2.05, 4.69) is 60.9 Å². The van der Waals surface area contributed by atoms with Gasteiger partial charge in [-0.2, -0.15) is 0 Å². The lowest BCUT2D eigenvalue weighted by atomic mass is 10.0. The van der Waals surface area contributed by atoms with Gasteiger partial charge < -0.3 is 14.8 Å². The molecule has 5 aliphatic heterocycles. The Morgan fingerprint density at radius 1 is 0.679 bits per heavy atom. The van der Waals surface area contributed by atoms with Gasteiger partial charge in [0.2, 0.25) is 0 Å². The van der Waals surface area contributed by atoms with Gasteiger partial charge in [0.1, 0.15) is 33.3 Å². The predicted octanol–water partition coefficient (Wildman–Crippen LogP) is 4.49. The molecule has 0 aromatic carbocycles. The molecule has 5 aliphatic rings. The van der Waals surface area contributed by atoms with Gasteiger partial charge in [-0.1, -0.05) is 11.6 Å². The first kappa shape index (κ1) is 35.5. The van der Waals surface area contributed by atoms with Crippen LogP contribution < -0.4 is 5.32 Å². The topological polar surface area (TPSA) is 120 Å². The average Bonchev–Trinajstić information content (AvgIpc) is 3.93. The van der Waals surface area contributed by atoms with E-state index in [-0.39, 0.29) is 0 Å². The highest BCUT2D eigenvalue weighted by Crippen LogP contribution is 2.39. The van der Waals surface area contributed by atoms with Gasteiger partial charge in [0.25, 0.3) is 0 Å². The maximum Gasteiger partial charge on any atom is 0.142 e. The van der Waals surface area contributed by atoms with Gasteiger partial charge in [-0.25, -0.2) is 19.9 Å². The summed E-state index contributed by atoms with van der Waals surface area (Å²) in [5, 5.41) is 6.34. The summed E-state index contributed by atoms with van der Waals surface area (Å²) in [5.74, 6) is 0.876. The normalized spacial score (nSPS) is 19.6. The third-order valence-electron chi connectivity index (χ3n) is 10.8. The molecule has 0 bridgehead atoms. The lowest BCUT2D eigenvalue weighted by Crippen LogP contribution is -2.42. The molecule has 16 heteroatoms. The second-order valence-corrected chi connectivity index (χ2v) is 16.6. The molecule has 2 fully saturated rings. The summed E-state index contributed by atoms with van der Waals surface area (Å²) in [4.78, 5) is 41.5. The Labute approximate surface area is 322 Å². The van der Waals surface area contributed by atoms with Crippen LogP contribution in [0.15, 0.2) is 29.9 Å². The summed E-state index contributed by atoms with van der Waals surface area (Å²) in [5.41, 5.74) is 5.83. The van der Waals surface area contributed by atoms with E-state index in [0.29, 0.717) is 11.7 Å². The lowest BCUT2D eigenvalue weighted by Gasteiger charge is -2.31. The Hall–Kier alpha value is -3.25. The minimum Gasteiger partial charge on any atom is -0.379 e. The zero-order valence-corrected chi connectivity index (χ0v) is 32.2. The van der Waals surface area contributed by atoms with E-state index < -0.39 is 0 Å². The number of rotatable bonds is 8. The lowest BCUT2D eigenvalue weighted by molar-refractivity contribution is 0.0327. The Morgan fingerprint density at radius 2 is 1.26 bits per heavy atom. The van der Waals surface area contributed by atoms with E-state index in [1.54, 1.807) is 35.3 Å². The first-order valence-electron chi connectivity index (χ1n) is 18.6. The van der Waals surface area contributed by atoms with Crippen molar-refractivity contribution in [3.05, 3.63) is 62.2 Å². The number of anilines is 2. The maximum atomic E-state index is 6.26. The predicted molar refractivity (Wildman–Crippen MR) is 211 cm³/mol. The van der Waals surface area contributed by atoms with Crippen molar-refractivity contribution in [2.45, 2.75) is 32.5 Å². The number of hydrogen-bond donors (Lipinski definition) is 1. The number of pyridine rings is 1. The highest BCUT2D eigenvalue weighted by atomic mass is 35.5. The van der Waals surface area contributed by atoms with Crippen LogP contribution >= 0.6 is 34.3 Å². The van der Waals surface area contributed by atoms with Crippen LogP contribution in [-0.2, 0) is 41.9 Å². The SMILES string of the molecule is C1=NCc2ncc(Nc3ncnc4sc5c(c34)CCN(CCN3CCOCC3)C5)cc21.Clc1ncnc2sc3c(c12)CCN(CCN1CCOCC1)C3. The second kappa shape index (κ2) is 16.2. The number of nitrogens with zero attached hydrogens (tertiary/aromatic N) is 10. The van der Waals surface area contributed by atoms with Gasteiger partial charge in [-0.15, -0.1) is 22.7 Å². The minimum absolute atomic E-state index is 0.601. The van der Waals surface area contributed by atoms with E-state index in [9.17, 15) is 0 Å². The monoisotopic (exact) mass is 773 g/mol. The molecule has 5 aromatic heterocycles. The van der Waals surface area contributed by atoms with Crippen LogP contribution in [0.5, 0.6) is 0 Å². The standard InChI is InChI=1S/C22H25N7OS.C15H19ClN4OS/c1-2-29(4-3-28-5-7-30-8-6-28)13-19-17(1)20-21(25-14-26-22(20)31-19)27-16-9-15-10-23-12-18(15)24-11-16;16-14-13-11-1-2-20(4-3-19-5-7-21-8-6-19)9-12(11)22-15(13)18-10-17-14/h9-11,14H,1-8,12-13H2,(H,25,26,27);10H,1-9H2. The fourth-order valence-electron chi connectivity index (χ4n) is 7.80. The van der Waals surface area contributed by atoms with Crippen molar-refractivity contribution in [2.75, 3.05) is 97.2 Å². The van der Waals surface area contributed by atoms with Gasteiger partial charge in [-0.05, 0) is 30.0 Å². The largest absolute Gasteiger partial charge is 0.379 e. The molecule has 1 N–H and O–H groups in total. The number of ether oxygens (including phenoxy) is 2. The van der Waals surface area contributed by atoms with Crippen molar-refractivity contribution in [3.8, 4) is 0 Å². The van der Waals surface area contributed by atoms with Crippen LogP contribution in [0.3, 0.4) is 0 Å². The molecule has 0 unspecified atom stereocenters. The quantitative estimate of drug-likeness (QED) is 0.224. The Kier molecular flexibility index (Phi) is 10.9. The van der Waals surface area contributed by atoms with Crippen molar-refractivity contribution in [3.63, 3.8) is 0 Å². The molecule has 0 saturated carbocycles. The van der Waals surface area contributed by atoms with Crippen LogP contribution in [0.2, 0.25) is 5.15 Å². The molecule has 0 radical (unpaired) electrons. The Bertz CT molecular complexity index is 2100. The summed E-state index contributed by atoms with van der Waals surface area (Å²) in [6.07, 6.45) is 9.06. The average molecular weight is 774 g/mol. The van der Waals surface area contributed by atoms with Gasteiger partial charge >= 0.3 is 0 Å². The number of thiophene rings is 2. The molecule has 13 nitrogen and oxygen atoms in total. The smallest absolute Gasteiger partial charge is 0.142 e. The van der Waals surface area contributed by atoms with Gasteiger partial charge in [0.15, 0.2) is 0 Å². The summed E-state index contributed by atoms with van der Waals surface area (Å²) in [6, 6.07) is 2.10. The van der Waals surface area contributed by atoms with Gasteiger partial charge in [-0.3, -0.25) is 29.6 Å². The molecule has 2 saturated heterocycles. The van der Waals surface area contributed by atoms with Crippen LogP contribution in [0.4, 0.5) is 11.5 Å². The number of hydrogen-bond acceptors (Lipinski definition) is 15. The van der Waals surface area contributed by atoms with E-state index in [1.165, 1.54) is 26.3 Å². The Balaban J connectivity index is 0.000000149. The Morgan fingerprint density at radius 3 is 1.92 bits per heavy atom. The van der Waals surface area contributed by atoms with Crippen LogP contribution in [0.1, 0.15) is 32.1 Å². The van der Waals surface area contributed by atoms with Crippen molar-refractivity contribution in [2.24, 2.45) is 4.99 Å². The van der Waals surface area contributed by atoms with Crippen LogP contribution in [-0.4, -0.2) is 143 Å². The zero-order chi connectivity index (χ0) is 35.6. The van der Waals surface area contributed by atoms with Gasteiger partial charge in [0.05, 0.1) is 61.3 Å². The molecule has 5 aromatic rings. The summed E-state index contributed by atoms with van der Waals surface area (Å²) in [6.45, 7) is 17.0. The van der Waals surface area contributed by atoms with Crippen molar-refractivity contribution >= 4 is 72.4 Å². The highest BCUT2D eigenvalue weighted by Gasteiger charge is 2.26. The maximum absolute atomic E-state index is 6.26. The summed E-state index contributed by atoms with van der Waals surface area (Å²) < 4.78 is 10.9. The molecular weight excluding hydrogens is 730 g/mol. The van der Waals surface area contributed by atoms with E-state index in [1.807, 2.05) is 12.4 Å². The first-order valence-corrected chi connectivity index (χ1v) is 20.6. The molecule has 0 atom stereocenters. The molecule has 0 aliphatic carbocycles. The number of nitrogens with one attached hydrogen (secondary N) is 1. The van der Waals surface area contributed by atoms with Crippen LogP contribution in [0, 0.1) is 0 Å². The molecule has 10 rings (SSSR count). The van der Waals surface area contributed by atoms with Crippen molar-refractivity contribution in [1.82, 2.24) is 44.5 Å². The zero-order valence-electron chi connectivity index (χ0n) is 29.8. The second-order valence-electron chi connectivity index (χ2n) is 14.1. The van der Waals surface area contributed by atoms with Crippen molar-refractivity contribution in [1.29, 1.82) is 0 Å². The molecule has 53 heavy (non-hydrogen) atoms. The fourth-order valence-corrected chi connectivity index (χ4v) is 10.6. The molecular formula is C37H44ClN11O2S2. The number of aromatic nitrogens is 5. The number of halogens is 1. The summed E-state index contributed by atoms with van der Waals surface area (Å²) >= 11 is 9.83.